The lowest BCUT2D eigenvalue weighted by Crippen LogP contribution is -2.50. The van der Waals surface area contributed by atoms with Gasteiger partial charge in [-0.05, 0) is 47.3 Å². The predicted octanol–water partition coefficient (Wildman–Crippen LogP) is 1.09. The minimum atomic E-state index is -0.167. The first-order valence-corrected chi connectivity index (χ1v) is 6.48. The number of nitrogens with zero attached hydrogens (tertiary/aromatic N) is 1. The Bertz CT molecular complexity index is 198. The molecule has 0 aliphatic rings. The zero-order valence-corrected chi connectivity index (χ0v) is 12.3. The molecule has 0 bridgehead atoms. The van der Waals surface area contributed by atoms with Crippen molar-refractivity contribution in [3.05, 3.63) is 0 Å². The molecule has 0 saturated heterocycles. The smallest absolute Gasteiger partial charge is 0.0775 e. The number of hydrogen-bond acceptors (Lipinski definition) is 4. The Morgan fingerprint density at radius 1 is 1.41 bits per heavy atom. The van der Waals surface area contributed by atoms with Gasteiger partial charge in [0.15, 0.2) is 0 Å². The summed E-state index contributed by atoms with van der Waals surface area (Å²) >= 11 is 0. The van der Waals surface area contributed by atoms with Gasteiger partial charge in [-0.2, -0.15) is 0 Å². The highest BCUT2D eigenvalue weighted by atomic mass is 16.5. The normalized spacial score (nSPS) is 16.2. The lowest BCUT2D eigenvalue weighted by Gasteiger charge is -2.35. The Morgan fingerprint density at radius 3 is 2.41 bits per heavy atom. The van der Waals surface area contributed by atoms with Gasteiger partial charge in [0.05, 0.1) is 12.2 Å². The molecule has 0 amide bonds. The first-order chi connectivity index (χ1) is 7.88. The average molecular weight is 246 g/mol. The topological polar surface area (TPSA) is 44.7 Å². The summed E-state index contributed by atoms with van der Waals surface area (Å²) in [6.07, 6.45) is 1.01. The van der Waals surface area contributed by atoms with E-state index in [9.17, 15) is 0 Å². The van der Waals surface area contributed by atoms with Crippen LogP contribution >= 0.6 is 0 Å². The summed E-state index contributed by atoms with van der Waals surface area (Å²) in [5.41, 5.74) is -0.167. The van der Waals surface area contributed by atoms with Gasteiger partial charge in [0, 0.05) is 19.2 Å². The third kappa shape index (κ3) is 5.82. The molecule has 0 aliphatic carbocycles. The van der Waals surface area contributed by atoms with E-state index in [1.807, 2.05) is 14.0 Å². The van der Waals surface area contributed by atoms with Crippen molar-refractivity contribution in [2.24, 2.45) is 0 Å². The van der Waals surface area contributed by atoms with Gasteiger partial charge in [0.1, 0.15) is 0 Å². The lowest BCUT2D eigenvalue weighted by atomic mass is 9.95. The third-order valence-electron chi connectivity index (χ3n) is 3.60. The maximum Gasteiger partial charge on any atom is 0.0775 e. The van der Waals surface area contributed by atoms with Gasteiger partial charge in [-0.1, -0.05) is 6.92 Å². The molecule has 2 atom stereocenters. The Morgan fingerprint density at radius 2 is 2.00 bits per heavy atom. The summed E-state index contributed by atoms with van der Waals surface area (Å²) in [5.74, 6) is 0. The second-order valence-electron chi connectivity index (χ2n) is 5.22. The first-order valence-electron chi connectivity index (χ1n) is 6.48. The van der Waals surface area contributed by atoms with Gasteiger partial charge < -0.3 is 20.1 Å². The monoisotopic (exact) mass is 246 g/mol. The van der Waals surface area contributed by atoms with Crippen LogP contribution in [-0.4, -0.2) is 61.5 Å². The minimum Gasteiger partial charge on any atom is -0.395 e. The number of aliphatic hydroxyl groups excluding tert-OH is 1. The SMILES string of the molecule is CCNC(CCN(C)C(C)CO)C(C)(C)OC. The van der Waals surface area contributed by atoms with E-state index >= 15 is 0 Å². The molecule has 0 aromatic carbocycles. The number of methoxy groups -OCH3 is 1. The number of rotatable bonds is 9. The van der Waals surface area contributed by atoms with Gasteiger partial charge in [0.2, 0.25) is 0 Å². The standard InChI is InChI=1S/C13H30N2O2/c1-7-14-12(13(3,4)17-6)8-9-15(5)11(2)10-16/h11-12,14,16H,7-10H2,1-6H3. The number of aliphatic hydroxyl groups is 1. The van der Waals surface area contributed by atoms with Crippen molar-refractivity contribution in [2.45, 2.75) is 51.8 Å². The van der Waals surface area contributed by atoms with Crippen LogP contribution in [0.3, 0.4) is 0 Å². The molecule has 0 radical (unpaired) electrons. The van der Waals surface area contributed by atoms with Crippen LogP contribution in [0.5, 0.6) is 0 Å². The van der Waals surface area contributed by atoms with Crippen molar-refractivity contribution >= 4 is 0 Å². The van der Waals surface area contributed by atoms with Crippen LogP contribution in [0.4, 0.5) is 0 Å². The van der Waals surface area contributed by atoms with E-state index in [0.717, 1.165) is 19.5 Å². The molecule has 0 aromatic rings. The average Bonchev–Trinajstić information content (AvgIpc) is 2.32. The Labute approximate surface area is 106 Å². The molecule has 104 valence electrons. The molecular weight excluding hydrogens is 216 g/mol. The van der Waals surface area contributed by atoms with Crippen LogP contribution < -0.4 is 5.32 Å². The highest BCUT2D eigenvalue weighted by Gasteiger charge is 2.28. The van der Waals surface area contributed by atoms with Crippen molar-refractivity contribution in [1.82, 2.24) is 10.2 Å². The quantitative estimate of drug-likeness (QED) is 0.639. The predicted molar refractivity (Wildman–Crippen MR) is 72.3 cm³/mol. The zero-order chi connectivity index (χ0) is 13.5. The van der Waals surface area contributed by atoms with Crippen LogP contribution in [-0.2, 0) is 4.74 Å². The lowest BCUT2D eigenvalue weighted by molar-refractivity contribution is -0.0151. The van der Waals surface area contributed by atoms with Crippen LogP contribution in [0.15, 0.2) is 0 Å². The van der Waals surface area contributed by atoms with E-state index in [0.29, 0.717) is 6.04 Å². The summed E-state index contributed by atoms with van der Waals surface area (Å²) in [4.78, 5) is 2.18. The molecular formula is C13H30N2O2. The second-order valence-corrected chi connectivity index (χ2v) is 5.22. The molecule has 4 nitrogen and oxygen atoms in total. The van der Waals surface area contributed by atoms with Crippen molar-refractivity contribution in [1.29, 1.82) is 0 Å². The molecule has 4 heteroatoms. The van der Waals surface area contributed by atoms with Crippen LogP contribution in [0.2, 0.25) is 0 Å². The molecule has 0 fully saturated rings. The van der Waals surface area contributed by atoms with Crippen molar-refractivity contribution in [3.8, 4) is 0 Å². The fraction of sp³-hybridized carbons (Fsp3) is 1.00. The van der Waals surface area contributed by atoms with Crippen LogP contribution in [0, 0.1) is 0 Å². The van der Waals surface area contributed by atoms with Crippen molar-refractivity contribution in [2.75, 3.05) is 33.9 Å². The molecule has 2 N–H and O–H groups in total. The largest absolute Gasteiger partial charge is 0.395 e. The summed E-state index contributed by atoms with van der Waals surface area (Å²) in [5, 5.41) is 12.6. The summed E-state index contributed by atoms with van der Waals surface area (Å²) in [6.45, 7) is 10.5. The first kappa shape index (κ1) is 16.8. The number of nitrogens with one attached hydrogen (secondary N) is 1. The molecule has 0 rings (SSSR count). The van der Waals surface area contributed by atoms with E-state index in [1.165, 1.54) is 0 Å². The number of hydrogen-bond donors (Lipinski definition) is 2. The van der Waals surface area contributed by atoms with Gasteiger partial charge in [0.25, 0.3) is 0 Å². The second kappa shape index (κ2) is 8.03. The summed E-state index contributed by atoms with van der Waals surface area (Å²) < 4.78 is 5.54. The van der Waals surface area contributed by atoms with Gasteiger partial charge in [-0.15, -0.1) is 0 Å². The van der Waals surface area contributed by atoms with Crippen molar-refractivity contribution in [3.63, 3.8) is 0 Å². The Kier molecular flexibility index (Phi) is 7.96. The molecule has 0 heterocycles. The van der Waals surface area contributed by atoms with E-state index < -0.39 is 0 Å². The molecule has 0 aromatic heterocycles. The zero-order valence-electron chi connectivity index (χ0n) is 12.3. The molecule has 0 saturated carbocycles. The third-order valence-corrected chi connectivity index (χ3v) is 3.60. The fourth-order valence-electron chi connectivity index (χ4n) is 1.78. The van der Waals surface area contributed by atoms with Gasteiger partial charge in [-0.3, -0.25) is 0 Å². The maximum atomic E-state index is 9.10. The number of ether oxygens (including phenoxy) is 1. The Balaban J connectivity index is 4.27. The van der Waals surface area contributed by atoms with E-state index in [2.05, 4.69) is 31.0 Å². The summed E-state index contributed by atoms with van der Waals surface area (Å²) in [7, 11) is 3.80. The molecule has 0 spiro atoms. The van der Waals surface area contributed by atoms with Crippen LogP contribution in [0.1, 0.15) is 34.1 Å². The Hall–Kier alpha value is -0.160. The summed E-state index contributed by atoms with van der Waals surface area (Å²) in [6, 6.07) is 0.536. The van der Waals surface area contributed by atoms with Gasteiger partial charge in [-0.25, -0.2) is 0 Å². The molecule has 2 unspecified atom stereocenters. The van der Waals surface area contributed by atoms with E-state index in [1.54, 1.807) is 7.11 Å². The molecule has 0 aliphatic heterocycles. The molecule has 17 heavy (non-hydrogen) atoms. The van der Waals surface area contributed by atoms with E-state index in [-0.39, 0.29) is 18.2 Å². The minimum absolute atomic E-state index is 0.167. The highest BCUT2D eigenvalue weighted by Crippen LogP contribution is 2.17. The highest BCUT2D eigenvalue weighted by molar-refractivity contribution is 4.86. The van der Waals surface area contributed by atoms with Gasteiger partial charge >= 0.3 is 0 Å². The van der Waals surface area contributed by atoms with E-state index in [4.69, 9.17) is 9.84 Å². The maximum absolute atomic E-state index is 9.10. The fourth-order valence-corrected chi connectivity index (χ4v) is 1.78. The van der Waals surface area contributed by atoms with Crippen molar-refractivity contribution < 1.29 is 9.84 Å². The number of likely N-dealkylation sites (N-methyl/N-ethyl adjacent to an activating group) is 2. The van der Waals surface area contributed by atoms with Crippen LogP contribution in [0.25, 0.3) is 0 Å².